The normalized spacial score (nSPS) is 10.9. The summed E-state index contributed by atoms with van der Waals surface area (Å²) >= 11 is 8.97. The quantitative estimate of drug-likeness (QED) is 0.270. The molecule has 2 aromatic carbocycles. The van der Waals surface area contributed by atoms with Gasteiger partial charge in [-0.2, -0.15) is 5.26 Å². The van der Waals surface area contributed by atoms with E-state index in [1.54, 1.807) is 13.2 Å². The number of nitriles is 1. The Balaban J connectivity index is 2.38. The van der Waals surface area contributed by atoms with Crippen molar-refractivity contribution < 1.29 is 14.3 Å². The van der Waals surface area contributed by atoms with Gasteiger partial charge in [0.25, 0.3) is 5.91 Å². The van der Waals surface area contributed by atoms with Crippen LogP contribution in [0.2, 0.25) is 0 Å². The number of benzene rings is 2. The third-order valence-corrected chi connectivity index (χ3v) is 5.61. The van der Waals surface area contributed by atoms with Crippen molar-refractivity contribution in [3.05, 3.63) is 53.5 Å². The highest BCUT2D eigenvalue weighted by atomic mass is 127. The standard InChI is InChI=1S/C19H15Br2IN2O3/c1-10-4-13(20)17(14(21)5-10)24-19(25)12(9-23)6-11-7-15(22)18(27-3)16(8-11)26-2/h4-8H,1-3H3,(H,24,25)/b12-6+. The molecule has 2 rings (SSSR count). The van der Waals surface area contributed by atoms with E-state index < -0.39 is 5.91 Å². The van der Waals surface area contributed by atoms with Crippen LogP contribution >= 0.6 is 54.5 Å². The molecule has 0 saturated heterocycles. The Bertz CT molecular complexity index is 945. The number of carbonyl (C=O) groups is 1. The molecule has 8 heteroatoms. The lowest BCUT2D eigenvalue weighted by Crippen LogP contribution is -2.14. The minimum atomic E-state index is -0.507. The van der Waals surface area contributed by atoms with Crippen LogP contribution < -0.4 is 14.8 Å². The van der Waals surface area contributed by atoms with E-state index in [1.807, 2.05) is 31.2 Å². The maximum atomic E-state index is 12.6. The van der Waals surface area contributed by atoms with Gasteiger partial charge >= 0.3 is 0 Å². The van der Waals surface area contributed by atoms with E-state index in [9.17, 15) is 10.1 Å². The Kier molecular flexibility index (Phi) is 7.70. The van der Waals surface area contributed by atoms with Crippen LogP contribution in [-0.4, -0.2) is 20.1 Å². The largest absolute Gasteiger partial charge is 0.493 e. The summed E-state index contributed by atoms with van der Waals surface area (Å²) in [6.45, 7) is 1.94. The van der Waals surface area contributed by atoms with Gasteiger partial charge in [0.15, 0.2) is 11.5 Å². The molecule has 0 unspecified atom stereocenters. The highest BCUT2D eigenvalue weighted by molar-refractivity contribution is 14.1. The monoisotopic (exact) mass is 604 g/mol. The van der Waals surface area contributed by atoms with Crippen LogP contribution in [-0.2, 0) is 4.79 Å². The number of aryl methyl sites for hydroxylation is 1. The lowest BCUT2D eigenvalue weighted by atomic mass is 10.1. The summed E-state index contributed by atoms with van der Waals surface area (Å²) in [7, 11) is 3.09. The zero-order chi connectivity index (χ0) is 20.1. The Morgan fingerprint density at radius 1 is 1.19 bits per heavy atom. The number of ether oxygens (including phenoxy) is 2. The fourth-order valence-electron chi connectivity index (χ4n) is 2.34. The van der Waals surface area contributed by atoms with Gasteiger partial charge in [0, 0.05) is 8.95 Å². The average Bonchev–Trinajstić information content (AvgIpc) is 2.61. The maximum absolute atomic E-state index is 12.6. The van der Waals surface area contributed by atoms with E-state index >= 15 is 0 Å². The molecular weight excluding hydrogens is 591 g/mol. The van der Waals surface area contributed by atoms with Crippen LogP contribution in [0.15, 0.2) is 38.8 Å². The topological polar surface area (TPSA) is 71.3 Å². The summed E-state index contributed by atoms with van der Waals surface area (Å²) in [4.78, 5) is 12.6. The molecule has 0 spiro atoms. The summed E-state index contributed by atoms with van der Waals surface area (Å²) in [5.74, 6) is 0.621. The molecule has 0 bridgehead atoms. The van der Waals surface area contributed by atoms with E-state index in [-0.39, 0.29) is 5.57 Å². The molecule has 1 N–H and O–H groups in total. The fourth-order valence-corrected chi connectivity index (χ4v) is 4.80. The Morgan fingerprint density at radius 2 is 1.81 bits per heavy atom. The van der Waals surface area contributed by atoms with Gasteiger partial charge in [-0.1, -0.05) is 0 Å². The Labute approximate surface area is 188 Å². The van der Waals surface area contributed by atoms with Crippen molar-refractivity contribution in [1.29, 1.82) is 5.26 Å². The lowest BCUT2D eigenvalue weighted by Gasteiger charge is -2.12. The number of anilines is 1. The van der Waals surface area contributed by atoms with E-state index in [4.69, 9.17) is 9.47 Å². The predicted molar refractivity (Wildman–Crippen MR) is 121 cm³/mol. The zero-order valence-electron chi connectivity index (χ0n) is 14.7. The van der Waals surface area contributed by atoms with Crippen LogP contribution in [0.25, 0.3) is 6.08 Å². The molecule has 0 aliphatic heterocycles. The van der Waals surface area contributed by atoms with Crippen molar-refractivity contribution in [3.8, 4) is 17.6 Å². The molecule has 0 aliphatic rings. The van der Waals surface area contributed by atoms with Crippen molar-refractivity contribution in [1.82, 2.24) is 0 Å². The van der Waals surface area contributed by atoms with Crippen LogP contribution in [0.5, 0.6) is 11.5 Å². The summed E-state index contributed by atoms with van der Waals surface area (Å²) < 4.78 is 12.9. The molecule has 0 aliphatic carbocycles. The molecular formula is C19H15Br2IN2O3. The minimum Gasteiger partial charge on any atom is -0.493 e. The van der Waals surface area contributed by atoms with E-state index in [2.05, 4.69) is 59.8 Å². The van der Waals surface area contributed by atoms with E-state index in [0.717, 1.165) is 18.1 Å². The molecule has 140 valence electrons. The van der Waals surface area contributed by atoms with Gasteiger partial charge in [-0.25, -0.2) is 0 Å². The zero-order valence-corrected chi connectivity index (χ0v) is 20.0. The molecule has 0 radical (unpaired) electrons. The number of nitrogens with zero attached hydrogens (tertiary/aromatic N) is 1. The molecule has 0 heterocycles. The molecule has 27 heavy (non-hydrogen) atoms. The first kappa shape index (κ1) is 21.7. The number of nitrogens with one attached hydrogen (secondary N) is 1. The molecule has 1 amide bonds. The third-order valence-electron chi connectivity index (χ3n) is 3.56. The highest BCUT2D eigenvalue weighted by Crippen LogP contribution is 2.35. The fraction of sp³-hybridized carbons (Fsp3) is 0.158. The van der Waals surface area contributed by atoms with Crippen molar-refractivity contribution in [2.45, 2.75) is 6.92 Å². The average molecular weight is 606 g/mol. The van der Waals surface area contributed by atoms with Crippen LogP contribution in [0.4, 0.5) is 5.69 Å². The molecule has 0 saturated carbocycles. The SMILES string of the molecule is COc1cc(/C=C(\C#N)C(=O)Nc2c(Br)cc(C)cc2Br)cc(I)c1OC. The van der Waals surface area contributed by atoms with Crippen LogP contribution in [0, 0.1) is 21.8 Å². The molecule has 2 aromatic rings. The van der Waals surface area contributed by atoms with Crippen LogP contribution in [0.1, 0.15) is 11.1 Å². The lowest BCUT2D eigenvalue weighted by molar-refractivity contribution is -0.112. The van der Waals surface area contributed by atoms with Gasteiger partial charge < -0.3 is 14.8 Å². The molecule has 0 aromatic heterocycles. The summed E-state index contributed by atoms with van der Waals surface area (Å²) in [6.07, 6.45) is 1.51. The van der Waals surface area contributed by atoms with Gasteiger partial charge in [0.1, 0.15) is 11.6 Å². The molecule has 5 nitrogen and oxygen atoms in total. The molecule has 0 atom stereocenters. The van der Waals surface area contributed by atoms with E-state index in [0.29, 0.717) is 22.7 Å². The number of methoxy groups -OCH3 is 2. The maximum Gasteiger partial charge on any atom is 0.266 e. The number of hydrogen-bond donors (Lipinski definition) is 1. The van der Waals surface area contributed by atoms with Crippen molar-refractivity contribution in [2.75, 3.05) is 19.5 Å². The minimum absolute atomic E-state index is 0.0302. The number of carbonyl (C=O) groups excluding carboxylic acids is 1. The second-order valence-electron chi connectivity index (χ2n) is 5.47. The van der Waals surface area contributed by atoms with Gasteiger partial charge in [0.05, 0.1) is 23.5 Å². The first-order chi connectivity index (χ1) is 12.8. The number of rotatable bonds is 5. The van der Waals surface area contributed by atoms with Crippen LogP contribution in [0.3, 0.4) is 0 Å². The van der Waals surface area contributed by atoms with E-state index in [1.165, 1.54) is 13.2 Å². The second kappa shape index (κ2) is 9.57. The Hall–Kier alpha value is -1.57. The van der Waals surface area contributed by atoms with Crippen molar-refractivity contribution in [2.24, 2.45) is 0 Å². The van der Waals surface area contributed by atoms with Crippen molar-refractivity contribution >= 4 is 72.1 Å². The van der Waals surface area contributed by atoms with Gasteiger partial charge in [0.2, 0.25) is 0 Å². The first-order valence-electron chi connectivity index (χ1n) is 7.61. The predicted octanol–water partition coefficient (Wildman–Crippen LogP) is 5.69. The third kappa shape index (κ3) is 5.24. The summed E-state index contributed by atoms with van der Waals surface area (Å²) in [5, 5.41) is 12.2. The Morgan fingerprint density at radius 3 is 2.33 bits per heavy atom. The molecule has 0 fully saturated rings. The van der Waals surface area contributed by atoms with Gasteiger partial charge in [-0.05, 0) is 103 Å². The van der Waals surface area contributed by atoms with Gasteiger partial charge in [-0.15, -0.1) is 0 Å². The number of halogens is 3. The van der Waals surface area contributed by atoms with Gasteiger partial charge in [-0.3, -0.25) is 4.79 Å². The highest BCUT2D eigenvalue weighted by Gasteiger charge is 2.16. The summed E-state index contributed by atoms with van der Waals surface area (Å²) in [6, 6.07) is 9.24. The van der Waals surface area contributed by atoms with Crippen molar-refractivity contribution in [3.63, 3.8) is 0 Å². The second-order valence-corrected chi connectivity index (χ2v) is 8.34. The first-order valence-corrected chi connectivity index (χ1v) is 10.3. The number of amides is 1. The number of hydrogen-bond acceptors (Lipinski definition) is 4. The summed E-state index contributed by atoms with van der Waals surface area (Å²) in [5.41, 5.74) is 2.22. The smallest absolute Gasteiger partial charge is 0.266 e.